The molecule has 2 aromatic carbocycles. The van der Waals surface area contributed by atoms with Crippen molar-refractivity contribution in [2.45, 2.75) is 6.92 Å². The van der Waals surface area contributed by atoms with Crippen LogP contribution in [-0.2, 0) is 0 Å². The van der Waals surface area contributed by atoms with Crippen LogP contribution in [-0.4, -0.2) is 15.2 Å². The molecule has 5 heteroatoms. The van der Waals surface area contributed by atoms with E-state index < -0.39 is 5.82 Å². The molecule has 0 unspecified atom stereocenters. The number of hydrogen-bond donors (Lipinski definition) is 1. The Kier molecular flexibility index (Phi) is 2.95. The van der Waals surface area contributed by atoms with Gasteiger partial charge in [-0.25, -0.2) is 4.39 Å². The van der Waals surface area contributed by atoms with Crippen LogP contribution in [0.25, 0.3) is 22.8 Å². The van der Waals surface area contributed by atoms with Crippen LogP contribution in [0.5, 0.6) is 5.75 Å². The monoisotopic (exact) mass is 270 g/mol. The van der Waals surface area contributed by atoms with Gasteiger partial charge in [0.25, 0.3) is 5.89 Å². The number of nitrogens with zero attached hydrogens (tertiary/aromatic N) is 2. The van der Waals surface area contributed by atoms with Crippen molar-refractivity contribution in [1.82, 2.24) is 10.1 Å². The van der Waals surface area contributed by atoms with E-state index in [9.17, 15) is 9.50 Å². The van der Waals surface area contributed by atoms with Gasteiger partial charge in [-0.05, 0) is 25.1 Å². The van der Waals surface area contributed by atoms with E-state index >= 15 is 0 Å². The van der Waals surface area contributed by atoms with Gasteiger partial charge in [-0.2, -0.15) is 4.98 Å². The third-order valence-electron chi connectivity index (χ3n) is 2.92. The summed E-state index contributed by atoms with van der Waals surface area (Å²) in [5.41, 5.74) is 2.09. The second kappa shape index (κ2) is 4.77. The minimum Gasteiger partial charge on any atom is -0.507 e. The molecule has 3 aromatic rings. The fraction of sp³-hybridized carbons (Fsp3) is 0.0667. The zero-order valence-electron chi connectivity index (χ0n) is 10.7. The van der Waals surface area contributed by atoms with E-state index in [2.05, 4.69) is 10.1 Å². The van der Waals surface area contributed by atoms with Gasteiger partial charge in [0.2, 0.25) is 5.82 Å². The number of aromatic nitrogens is 2. The van der Waals surface area contributed by atoms with Crippen LogP contribution in [0.2, 0.25) is 0 Å². The van der Waals surface area contributed by atoms with Crippen molar-refractivity contribution in [2.75, 3.05) is 0 Å². The first kappa shape index (κ1) is 12.3. The molecule has 0 aliphatic heterocycles. The van der Waals surface area contributed by atoms with Gasteiger partial charge in [-0.15, -0.1) is 0 Å². The molecule has 0 saturated carbocycles. The summed E-state index contributed by atoms with van der Waals surface area (Å²) < 4.78 is 18.3. The number of aryl methyl sites for hydroxylation is 1. The fourth-order valence-corrected chi connectivity index (χ4v) is 1.83. The van der Waals surface area contributed by atoms with E-state index in [1.54, 1.807) is 0 Å². The Bertz CT molecular complexity index is 751. The van der Waals surface area contributed by atoms with E-state index in [-0.39, 0.29) is 17.2 Å². The third-order valence-corrected chi connectivity index (χ3v) is 2.92. The summed E-state index contributed by atoms with van der Waals surface area (Å²) >= 11 is 0. The Morgan fingerprint density at radius 2 is 1.85 bits per heavy atom. The summed E-state index contributed by atoms with van der Waals surface area (Å²) in [5, 5.41) is 13.6. The molecular formula is C15H11FN2O2. The van der Waals surface area contributed by atoms with Crippen LogP contribution < -0.4 is 0 Å². The zero-order valence-corrected chi connectivity index (χ0v) is 10.7. The maximum Gasteiger partial charge on any atom is 0.262 e. The zero-order chi connectivity index (χ0) is 14.1. The summed E-state index contributed by atoms with van der Waals surface area (Å²) in [6.45, 7) is 1.98. The van der Waals surface area contributed by atoms with Gasteiger partial charge < -0.3 is 9.63 Å². The van der Waals surface area contributed by atoms with Crippen molar-refractivity contribution in [3.8, 4) is 28.6 Å². The molecule has 0 spiro atoms. The largest absolute Gasteiger partial charge is 0.507 e. The first-order valence-corrected chi connectivity index (χ1v) is 6.03. The summed E-state index contributed by atoms with van der Waals surface area (Å²) in [5.74, 6) is -0.111. The van der Waals surface area contributed by atoms with Crippen molar-refractivity contribution >= 4 is 0 Å². The molecule has 1 heterocycles. The Morgan fingerprint density at radius 3 is 2.60 bits per heavy atom. The molecule has 100 valence electrons. The van der Waals surface area contributed by atoms with Crippen molar-refractivity contribution in [3.05, 3.63) is 53.8 Å². The molecule has 1 aromatic heterocycles. The topological polar surface area (TPSA) is 59.2 Å². The Labute approximate surface area is 114 Å². The van der Waals surface area contributed by atoms with Crippen molar-refractivity contribution in [1.29, 1.82) is 0 Å². The highest BCUT2D eigenvalue weighted by Gasteiger charge is 2.14. The SMILES string of the molecule is Cc1ccc(-c2noc(-c3cc(F)ccc3O)n2)cc1. The van der Waals surface area contributed by atoms with Gasteiger partial charge in [0.05, 0.1) is 5.56 Å². The van der Waals surface area contributed by atoms with E-state index in [4.69, 9.17) is 4.52 Å². The van der Waals surface area contributed by atoms with Crippen molar-refractivity contribution in [2.24, 2.45) is 0 Å². The molecule has 0 fully saturated rings. The van der Waals surface area contributed by atoms with E-state index in [0.29, 0.717) is 5.82 Å². The summed E-state index contributed by atoms with van der Waals surface area (Å²) in [6.07, 6.45) is 0. The highest BCUT2D eigenvalue weighted by molar-refractivity contribution is 5.64. The molecule has 0 radical (unpaired) electrons. The highest BCUT2D eigenvalue weighted by Crippen LogP contribution is 2.29. The molecule has 20 heavy (non-hydrogen) atoms. The Morgan fingerprint density at radius 1 is 1.10 bits per heavy atom. The summed E-state index contributed by atoms with van der Waals surface area (Å²) in [7, 11) is 0. The quantitative estimate of drug-likeness (QED) is 0.773. The molecule has 0 saturated heterocycles. The molecule has 1 N–H and O–H groups in total. The smallest absolute Gasteiger partial charge is 0.262 e. The standard InChI is InChI=1S/C15H11FN2O2/c1-9-2-4-10(5-3-9)14-17-15(20-18-14)12-8-11(16)6-7-13(12)19/h2-8,19H,1H3. The lowest BCUT2D eigenvalue weighted by Crippen LogP contribution is -1.83. The van der Waals surface area contributed by atoms with Crippen LogP contribution in [0.3, 0.4) is 0 Å². The van der Waals surface area contributed by atoms with Crippen LogP contribution in [0.15, 0.2) is 47.0 Å². The fourth-order valence-electron chi connectivity index (χ4n) is 1.83. The lowest BCUT2D eigenvalue weighted by Gasteiger charge is -1.98. The Hall–Kier alpha value is -2.69. The van der Waals surface area contributed by atoms with Crippen LogP contribution in [0.1, 0.15) is 5.56 Å². The summed E-state index contributed by atoms with van der Waals surface area (Å²) in [6, 6.07) is 11.2. The minimum absolute atomic E-state index is 0.0811. The number of benzene rings is 2. The normalized spacial score (nSPS) is 10.7. The molecular weight excluding hydrogens is 259 g/mol. The second-order valence-corrected chi connectivity index (χ2v) is 4.45. The second-order valence-electron chi connectivity index (χ2n) is 4.45. The molecule has 0 aliphatic rings. The van der Waals surface area contributed by atoms with E-state index in [1.807, 2.05) is 31.2 Å². The van der Waals surface area contributed by atoms with E-state index in [0.717, 1.165) is 23.3 Å². The predicted octanol–water partition coefficient (Wildman–Crippen LogP) is 3.56. The third kappa shape index (κ3) is 2.25. The van der Waals surface area contributed by atoms with Crippen molar-refractivity contribution < 1.29 is 14.0 Å². The van der Waals surface area contributed by atoms with Crippen molar-refractivity contribution in [3.63, 3.8) is 0 Å². The average Bonchev–Trinajstić information content (AvgIpc) is 2.92. The van der Waals surface area contributed by atoms with Gasteiger partial charge in [0.15, 0.2) is 0 Å². The molecule has 0 bridgehead atoms. The van der Waals surface area contributed by atoms with Crippen LogP contribution in [0.4, 0.5) is 4.39 Å². The lowest BCUT2D eigenvalue weighted by atomic mass is 10.1. The van der Waals surface area contributed by atoms with Gasteiger partial charge >= 0.3 is 0 Å². The van der Waals surface area contributed by atoms with Crippen LogP contribution >= 0.6 is 0 Å². The van der Waals surface area contributed by atoms with Gasteiger partial charge in [-0.3, -0.25) is 0 Å². The summed E-state index contributed by atoms with van der Waals surface area (Å²) in [4.78, 5) is 4.18. The average molecular weight is 270 g/mol. The lowest BCUT2D eigenvalue weighted by molar-refractivity contribution is 0.425. The highest BCUT2D eigenvalue weighted by atomic mass is 19.1. The van der Waals surface area contributed by atoms with Gasteiger partial charge in [-0.1, -0.05) is 35.0 Å². The molecule has 4 nitrogen and oxygen atoms in total. The van der Waals surface area contributed by atoms with Crippen LogP contribution in [0, 0.1) is 12.7 Å². The first-order valence-electron chi connectivity index (χ1n) is 6.03. The number of aromatic hydroxyl groups is 1. The molecule has 0 amide bonds. The number of phenols is 1. The molecule has 0 atom stereocenters. The maximum atomic E-state index is 13.2. The number of hydrogen-bond acceptors (Lipinski definition) is 4. The predicted molar refractivity (Wildman–Crippen MR) is 71.5 cm³/mol. The maximum absolute atomic E-state index is 13.2. The Balaban J connectivity index is 2.01. The van der Waals surface area contributed by atoms with Gasteiger partial charge in [0, 0.05) is 5.56 Å². The molecule has 3 rings (SSSR count). The minimum atomic E-state index is -0.479. The molecule has 0 aliphatic carbocycles. The number of phenolic OH excluding ortho intramolecular Hbond substituents is 1. The van der Waals surface area contributed by atoms with E-state index in [1.165, 1.54) is 6.07 Å². The first-order chi connectivity index (χ1) is 9.63. The number of halogens is 1. The number of rotatable bonds is 2. The van der Waals surface area contributed by atoms with Gasteiger partial charge in [0.1, 0.15) is 11.6 Å².